The maximum atomic E-state index is 11.0. The molecule has 70 valence electrons. The molecule has 0 saturated carbocycles. The third-order valence-corrected chi connectivity index (χ3v) is 3.42. The van der Waals surface area contributed by atoms with Crippen molar-refractivity contribution in [3.8, 4) is 0 Å². The highest BCUT2D eigenvalue weighted by molar-refractivity contribution is 7.99. The largest absolute Gasteiger partial charge is 0.359 e. The molecule has 0 aliphatic carbocycles. The molecule has 0 spiro atoms. The number of nitrogens with one attached hydrogen (secondary N) is 2. The van der Waals surface area contributed by atoms with Crippen LogP contribution < -0.4 is 10.6 Å². The lowest BCUT2D eigenvalue weighted by Crippen LogP contribution is -2.39. The highest BCUT2D eigenvalue weighted by atomic mass is 32.2. The molecule has 0 aromatic rings. The number of thioether (sulfide) groups is 1. The predicted octanol–water partition coefficient (Wildman–Crippen LogP) is 0.421. The molecule has 0 aromatic carbocycles. The first-order chi connectivity index (χ1) is 5.72. The number of rotatable bonds is 2. The molecule has 3 nitrogen and oxygen atoms in total. The lowest BCUT2D eigenvalue weighted by atomic mass is 10.2. The van der Waals surface area contributed by atoms with Crippen molar-refractivity contribution >= 4 is 17.7 Å². The van der Waals surface area contributed by atoms with Crippen LogP contribution in [0.4, 0.5) is 0 Å². The molecule has 1 aliphatic rings. The Bertz CT molecular complexity index is 155. The van der Waals surface area contributed by atoms with Crippen LogP contribution in [0.15, 0.2) is 0 Å². The molecule has 2 atom stereocenters. The Kier molecular flexibility index (Phi) is 3.88. The van der Waals surface area contributed by atoms with E-state index >= 15 is 0 Å². The summed E-state index contributed by atoms with van der Waals surface area (Å²) in [7, 11) is 1.68. The van der Waals surface area contributed by atoms with E-state index in [2.05, 4.69) is 17.6 Å². The fourth-order valence-electron chi connectivity index (χ4n) is 1.13. The van der Waals surface area contributed by atoms with E-state index < -0.39 is 0 Å². The Morgan fingerprint density at radius 2 is 2.50 bits per heavy atom. The molecule has 2 N–H and O–H groups in total. The summed E-state index contributed by atoms with van der Waals surface area (Å²) < 4.78 is 0. The zero-order valence-electron chi connectivity index (χ0n) is 7.59. The van der Waals surface area contributed by atoms with E-state index in [-0.39, 0.29) is 5.91 Å². The van der Waals surface area contributed by atoms with Crippen LogP contribution in [0.2, 0.25) is 0 Å². The fraction of sp³-hybridized carbons (Fsp3) is 0.875. The topological polar surface area (TPSA) is 41.1 Å². The van der Waals surface area contributed by atoms with Crippen LogP contribution >= 0.6 is 11.8 Å². The van der Waals surface area contributed by atoms with Gasteiger partial charge in [0, 0.05) is 7.05 Å². The van der Waals surface area contributed by atoms with E-state index in [9.17, 15) is 4.79 Å². The van der Waals surface area contributed by atoms with Gasteiger partial charge in [-0.2, -0.15) is 0 Å². The second kappa shape index (κ2) is 4.72. The van der Waals surface area contributed by atoms with Crippen LogP contribution in [0.1, 0.15) is 13.3 Å². The second-order valence-corrected chi connectivity index (χ2v) is 4.45. The summed E-state index contributed by atoms with van der Waals surface area (Å²) in [6, 6.07) is 0. The van der Waals surface area contributed by atoms with E-state index in [0.717, 1.165) is 18.2 Å². The molecular weight excluding hydrogens is 172 g/mol. The molecule has 0 radical (unpaired) electrons. The minimum Gasteiger partial charge on any atom is -0.359 e. The standard InChI is InChI=1S/C8H16N2OS/c1-6-4-10-8(12-5-6)3-7(11)9-2/h6,8,10H,3-5H2,1-2H3,(H,9,11). The van der Waals surface area contributed by atoms with E-state index in [1.807, 2.05) is 11.8 Å². The summed E-state index contributed by atoms with van der Waals surface area (Å²) in [5.74, 6) is 2.01. The maximum absolute atomic E-state index is 11.0. The van der Waals surface area contributed by atoms with E-state index in [4.69, 9.17) is 0 Å². The molecule has 12 heavy (non-hydrogen) atoms. The van der Waals surface area contributed by atoms with Gasteiger partial charge in [0.25, 0.3) is 0 Å². The summed E-state index contributed by atoms with van der Waals surface area (Å²) in [6.45, 7) is 3.25. The van der Waals surface area contributed by atoms with Crippen LogP contribution in [-0.4, -0.2) is 30.6 Å². The van der Waals surface area contributed by atoms with Crippen molar-refractivity contribution in [1.82, 2.24) is 10.6 Å². The summed E-state index contributed by atoms with van der Waals surface area (Å²) in [5, 5.41) is 6.29. The van der Waals surface area contributed by atoms with Crippen molar-refractivity contribution in [3.63, 3.8) is 0 Å². The smallest absolute Gasteiger partial charge is 0.222 e. The van der Waals surface area contributed by atoms with Crippen LogP contribution in [0.3, 0.4) is 0 Å². The van der Waals surface area contributed by atoms with Crippen molar-refractivity contribution in [1.29, 1.82) is 0 Å². The average Bonchev–Trinajstić information content (AvgIpc) is 2.09. The third kappa shape index (κ3) is 3.03. The number of carbonyl (C=O) groups is 1. The molecular formula is C8H16N2OS. The summed E-state index contributed by atoms with van der Waals surface area (Å²) in [6.07, 6.45) is 0.591. The third-order valence-electron chi connectivity index (χ3n) is 1.93. The van der Waals surface area contributed by atoms with Gasteiger partial charge in [0.05, 0.1) is 11.8 Å². The molecule has 1 aliphatic heterocycles. The fourth-order valence-corrected chi connectivity index (χ4v) is 2.29. The lowest BCUT2D eigenvalue weighted by Gasteiger charge is -2.26. The number of carbonyl (C=O) groups excluding carboxylic acids is 1. The zero-order valence-corrected chi connectivity index (χ0v) is 8.41. The molecule has 1 fully saturated rings. The van der Waals surface area contributed by atoms with E-state index in [1.54, 1.807) is 7.05 Å². The Hall–Kier alpha value is -0.220. The van der Waals surface area contributed by atoms with Crippen molar-refractivity contribution in [2.24, 2.45) is 5.92 Å². The van der Waals surface area contributed by atoms with Crippen molar-refractivity contribution < 1.29 is 4.79 Å². The first-order valence-corrected chi connectivity index (χ1v) is 5.33. The van der Waals surface area contributed by atoms with Gasteiger partial charge < -0.3 is 10.6 Å². The minimum atomic E-state index is 0.120. The monoisotopic (exact) mass is 188 g/mol. The van der Waals surface area contributed by atoms with Gasteiger partial charge in [-0.25, -0.2) is 0 Å². The highest BCUT2D eigenvalue weighted by Gasteiger charge is 2.19. The van der Waals surface area contributed by atoms with Gasteiger partial charge in [0.1, 0.15) is 0 Å². The first kappa shape index (κ1) is 9.86. The molecule has 2 unspecified atom stereocenters. The van der Waals surface area contributed by atoms with Gasteiger partial charge in [-0.15, -0.1) is 11.8 Å². The summed E-state index contributed by atoms with van der Waals surface area (Å²) in [4.78, 5) is 11.0. The van der Waals surface area contributed by atoms with Crippen molar-refractivity contribution in [2.75, 3.05) is 19.3 Å². The van der Waals surface area contributed by atoms with E-state index in [0.29, 0.717) is 11.8 Å². The Morgan fingerprint density at radius 1 is 1.75 bits per heavy atom. The van der Waals surface area contributed by atoms with Crippen LogP contribution in [0, 0.1) is 5.92 Å². The van der Waals surface area contributed by atoms with Crippen LogP contribution in [0.25, 0.3) is 0 Å². The molecule has 1 amide bonds. The highest BCUT2D eigenvalue weighted by Crippen LogP contribution is 2.20. The van der Waals surface area contributed by atoms with Gasteiger partial charge in [-0.05, 0) is 18.2 Å². The predicted molar refractivity (Wildman–Crippen MR) is 52.1 cm³/mol. The normalized spacial score (nSPS) is 29.8. The van der Waals surface area contributed by atoms with Crippen LogP contribution in [0.5, 0.6) is 0 Å². The quantitative estimate of drug-likeness (QED) is 0.660. The molecule has 1 heterocycles. The Morgan fingerprint density at radius 3 is 3.00 bits per heavy atom. The van der Waals surface area contributed by atoms with Gasteiger partial charge >= 0.3 is 0 Å². The zero-order chi connectivity index (χ0) is 8.97. The van der Waals surface area contributed by atoms with Crippen molar-refractivity contribution in [3.05, 3.63) is 0 Å². The van der Waals surface area contributed by atoms with E-state index in [1.165, 1.54) is 0 Å². The van der Waals surface area contributed by atoms with Gasteiger partial charge in [0.2, 0.25) is 5.91 Å². The molecule has 1 rings (SSSR count). The number of hydrogen-bond acceptors (Lipinski definition) is 3. The Balaban J connectivity index is 2.21. The molecule has 1 saturated heterocycles. The molecule has 0 bridgehead atoms. The number of hydrogen-bond donors (Lipinski definition) is 2. The maximum Gasteiger partial charge on any atom is 0.222 e. The molecule has 0 aromatic heterocycles. The summed E-state index contributed by atoms with van der Waals surface area (Å²) >= 11 is 1.84. The second-order valence-electron chi connectivity index (χ2n) is 3.21. The number of amides is 1. The molecule has 4 heteroatoms. The SMILES string of the molecule is CNC(=O)CC1NCC(C)CS1. The lowest BCUT2D eigenvalue weighted by molar-refractivity contribution is -0.120. The summed E-state index contributed by atoms with van der Waals surface area (Å²) in [5.41, 5.74) is 0. The van der Waals surface area contributed by atoms with Crippen LogP contribution in [-0.2, 0) is 4.79 Å². The van der Waals surface area contributed by atoms with Crippen molar-refractivity contribution in [2.45, 2.75) is 18.7 Å². The average molecular weight is 188 g/mol. The first-order valence-electron chi connectivity index (χ1n) is 4.28. The van der Waals surface area contributed by atoms with Gasteiger partial charge in [-0.3, -0.25) is 4.79 Å². The minimum absolute atomic E-state index is 0.120. The Labute approximate surface area is 77.7 Å². The van der Waals surface area contributed by atoms with Gasteiger partial charge in [0.15, 0.2) is 0 Å². The van der Waals surface area contributed by atoms with Gasteiger partial charge in [-0.1, -0.05) is 6.92 Å².